The van der Waals surface area contributed by atoms with Crippen LogP contribution in [0.25, 0.3) is 16.6 Å². The predicted molar refractivity (Wildman–Crippen MR) is 112 cm³/mol. The molecule has 150 valence electrons. The van der Waals surface area contributed by atoms with E-state index >= 15 is 0 Å². The highest BCUT2D eigenvalue weighted by Crippen LogP contribution is 2.27. The van der Waals surface area contributed by atoms with E-state index in [1.165, 1.54) is 17.4 Å². The first-order chi connectivity index (χ1) is 14.1. The lowest BCUT2D eigenvalue weighted by molar-refractivity contribution is -0.139. The molecule has 0 N–H and O–H groups in total. The van der Waals surface area contributed by atoms with Crippen LogP contribution in [-0.4, -0.2) is 32.3 Å². The molecule has 0 fully saturated rings. The monoisotopic (exact) mass is 411 g/mol. The first kappa shape index (κ1) is 20.4. The van der Waals surface area contributed by atoms with Crippen LogP contribution >= 0.6 is 11.3 Å². The van der Waals surface area contributed by atoms with Gasteiger partial charge in [0.1, 0.15) is 28.9 Å². The minimum Gasteiger partial charge on any atom is -0.497 e. The third-order valence-corrected chi connectivity index (χ3v) is 5.03. The van der Waals surface area contributed by atoms with Gasteiger partial charge in [-0.05, 0) is 48.5 Å². The Labute approximate surface area is 173 Å². The third kappa shape index (κ3) is 5.36. The summed E-state index contributed by atoms with van der Waals surface area (Å²) in [5.74, 6) is 1.64. The largest absolute Gasteiger partial charge is 0.497 e. The van der Waals surface area contributed by atoms with Crippen LogP contribution in [-0.2, 0) is 16.1 Å². The van der Waals surface area contributed by atoms with Crippen LogP contribution in [0.3, 0.4) is 0 Å². The molecule has 0 bridgehead atoms. The molecule has 1 heterocycles. The Morgan fingerprint density at radius 3 is 2.41 bits per heavy atom. The van der Waals surface area contributed by atoms with Crippen molar-refractivity contribution in [1.29, 1.82) is 0 Å². The van der Waals surface area contributed by atoms with E-state index in [0.29, 0.717) is 17.2 Å². The lowest BCUT2D eigenvalue weighted by Gasteiger charge is -2.07. The van der Waals surface area contributed by atoms with Crippen molar-refractivity contribution >= 4 is 23.4 Å². The number of nitrogens with zero attached hydrogens (tertiary/aromatic N) is 1. The smallest absolute Gasteiger partial charge is 0.331 e. The van der Waals surface area contributed by atoms with E-state index in [-0.39, 0.29) is 6.61 Å². The summed E-state index contributed by atoms with van der Waals surface area (Å²) >= 11 is 1.50. The molecular weight excluding hydrogens is 390 g/mol. The van der Waals surface area contributed by atoms with Crippen molar-refractivity contribution < 1.29 is 23.7 Å². The molecular formula is C22H21NO5S. The van der Waals surface area contributed by atoms with Gasteiger partial charge in [-0.25, -0.2) is 9.78 Å². The van der Waals surface area contributed by atoms with E-state index < -0.39 is 5.97 Å². The van der Waals surface area contributed by atoms with Crippen LogP contribution in [0.15, 0.2) is 53.9 Å². The maximum absolute atomic E-state index is 12.1. The minimum absolute atomic E-state index is 0.102. The fraction of sp³-hybridized carbons (Fsp3) is 0.182. The summed E-state index contributed by atoms with van der Waals surface area (Å²) in [5.41, 5.74) is 2.40. The van der Waals surface area contributed by atoms with Crippen molar-refractivity contribution in [2.75, 3.05) is 21.3 Å². The summed E-state index contributed by atoms with van der Waals surface area (Å²) in [6.07, 6.45) is 2.99. The highest BCUT2D eigenvalue weighted by Gasteiger charge is 2.08. The number of rotatable bonds is 8. The highest BCUT2D eigenvalue weighted by molar-refractivity contribution is 7.13. The number of methoxy groups -OCH3 is 3. The molecule has 2 aromatic carbocycles. The summed E-state index contributed by atoms with van der Waals surface area (Å²) < 4.78 is 20.9. The van der Waals surface area contributed by atoms with Gasteiger partial charge in [-0.15, -0.1) is 11.3 Å². The lowest BCUT2D eigenvalue weighted by Crippen LogP contribution is -2.01. The molecule has 0 amide bonds. The van der Waals surface area contributed by atoms with E-state index in [1.54, 1.807) is 45.6 Å². The molecule has 7 heteroatoms. The zero-order valence-corrected chi connectivity index (χ0v) is 17.2. The molecule has 0 unspecified atom stereocenters. The van der Waals surface area contributed by atoms with Crippen molar-refractivity contribution in [2.45, 2.75) is 6.61 Å². The summed E-state index contributed by atoms with van der Waals surface area (Å²) in [5, 5.41) is 2.73. The molecule has 0 radical (unpaired) electrons. The fourth-order valence-electron chi connectivity index (χ4n) is 2.56. The van der Waals surface area contributed by atoms with Crippen LogP contribution < -0.4 is 14.2 Å². The van der Waals surface area contributed by atoms with Crippen LogP contribution in [0.1, 0.15) is 11.3 Å². The Balaban J connectivity index is 1.60. The molecule has 3 aromatic rings. The number of hydrogen-bond acceptors (Lipinski definition) is 7. The van der Waals surface area contributed by atoms with Crippen LogP contribution in [0.5, 0.6) is 17.2 Å². The van der Waals surface area contributed by atoms with E-state index in [2.05, 4.69) is 4.98 Å². The summed E-state index contributed by atoms with van der Waals surface area (Å²) in [4.78, 5) is 16.6. The van der Waals surface area contributed by atoms with Crippen LogP contribution in [0.2, 0.25) is 0 Å². The van der Waals surface area contributed by atoms with E-state index in [1.807, 2.05) is 29.6 Å². The zero-order chi connectivity index (χ0) is 20.6. The normalized spacial score (nSPS) is 10.7. The summed E-state index contributed by atoms with van der Waals surface area (Å²) in [7, 11) is 4.78. The quantitative estimate of drug-likeness (QED) is 0.399. The number of carbonyl (C=O) groups is 1. The predicted octanol–water partition coefficient (Wildman–Crippen LogP) is 4.59. The van der Waals surface area contributed by atoms with Crippen molar-refractivity contribution in [1.82, 2.24) is 4.98 Å². The van der Waals surface area contributed by atoms with Crippen molar-refractivity contribution in [2.24, 2.45) is 0 Å². The molecule has 0 aliphatic rings. The summed E-state index contributed by atoms with van der Waals surface area (Å²) in [6.45, 7) is 0.102. The van der Waals surface area contributed by atoms with E-state index in [0.717, 1.165) is 21.9 Å². The SMILES string of the molecule is COc1ccc(-c2nc(COC(=O)/C=C/c3cc(OC)ccc3OC)cs2)cc1. The number of thiazole rings is 1. The summed E-state index contributed by atoms with van der Waals surface area (Å²) in [6, 6.07) is 13.0. The number of esters is 1. The van der Waals surface area contributed by atoms with E-state index in [9.17, 15) is 4.79 Å². The average molecular weight is 411 g/mol. The molecule has 0 spiro atoms. The topological polar surface area (TPSA) is 66.9 Å². The number of hydrogen-bond donors (Lipinski definition) is 0. The zero-order valence-electron chi connectivity index (χ0n) is 16.4. The minimum atomic E-state index is -0.464. The van der Waals surface area contributed by atoms with Crippen LogP contribution in [0.4, 0.5) is 0 Å². The average Bonchev–Trinajstić information content (AvgIpc) is 3.25. The van der Waals surface area contributed by atoms with Gasteiger partial charge >= 0.3 is 5.97 Å². The second kappa shape index (κ2) is 9.75. The van der Waals surface area contributed by atoms with Gasteiger partial charge in [-0.2, -0.15) is 0 Å². The van der Waals surface area contributed by atoms with Crippen molar-refractivity contribution in [3.05, 3.63) is 65.2 Å². The highest BCUT2D eigenvalue weighted by atomic mass is 32.1. The molecule has 0 saturated heterocycles. The van der Waals surface area contributed by atoms with Gasteiger partial charge in [0.2, 0.25) is 0 Å². The van der Waals surface area contributed by atoms with E-state index in [4.69, 9.17) is 18.9 Å². The third-order valence-electron chi connectivity index (χ3n) is 4.09. The standard InChI is InChI=1S/C22H21NO5S/c1-25-18-7-4-15(5-8-18)22-23-17(14-29-22)13-28-21(24)11-6-16-12-19(26-2)9-10-20(16)27-3/h4-12,14H,13H2,1-3H3/b11-6+. The van der Waals surface area contributed by atoms with Gasteiger partial charge in [0, 0.05) is 22.6 Å². The molecule has 29 heavy (non-hydrogen) atoms. The molecule has 0 atom stereocenters. The Hall–Kier alpha value is -3.32. The molecule has 6 nitrogen and oxygen atoms in total. The van der Waals surface area contributed by atoms with Crippen molar-refractivity contribution in [3.63, 3.8) is 0 Å². The van der Waals surface area contributed by atoms with Gasteiger partial charge in [0.15, 0.2) is 0 Å². The maximum atomic E-state index is 12.1. The Kier molecular flexibility index (Phi) is 6.86. The molecule has 0 saturated carbocycles. The number of benzene rings is 2. The first-order valence-electron chi connectivity index (χ1n) is 8.78. The van der Waals surface area contributed by atoms with Gasteiger partial charge in [-0.3, -0.25) is 0 Å². The maximum Gasteiger partial charge on any atom is 0.331 e. The Bertz CT molecular complexity index is 995. The van der Waals surface area contributed by atoms with Gasteiger partial charge in [0.25, 0.3) is 0 Å². The molecule has 3 rings (SSSR count). The second-order valence-electron chi connectivity index (χ2n) is 5.92. The first-order valence-corrected chi connectivity index (χ1v) is 9.66. The Morgan fingerprint density at radius 2 is 1.72 bits per heavy atom. The van der Waals surface area contributed by atoms with Crippen molar-refractivity contribution in [3.8, 4) is 27.8 Å². The van der Waals surface area contributed by atoms with Gasteiger partial charge < -0.3 is 18.9 Å². The molecule has 0 aliphatic carbocycles. The van der Waals surface area contributed by atoms with Crippen LogP contribution in [0, 0.1) is 0 Å². The number of carbonyl (C=O) groups excluding carboxylic acids is 1. The fourth-order valence-corrected chi connectivity index (χ4v) is 3.37. The number of ether oxygens (including phenoxy) is 4. The van der Waals surface area contributed by atoms with Gasteiger partial charge in [0.05, 0.1) is 27.0 Å². The molecule has 1 aromatic heterocycles. The van der Waals surface area contributed by atoms with Gasteiger partial charge in [-0.1, -0.05) is 0 Å². The lowest BCUT2D eigenvalue weighted by atomic mass is 10.1. The second-order valence-corrected chi connectivity index (χ2v) is 6.78. The molecule has 0 aliphatic heterocycles. The number of aromatic nitrogens is 1. The Morgan fingerprint density at radius 1 is 1.00 bits per heavy atom.